The number of aliphatic imine (C=N–C) groups is 1. The maximum absolute atomic E-state index is 14.8. The lowest BCUT2D eigenvalue weighted by Gasteiger charge is -2.30. The molecule has 2 aliphatic carbocycles. The largest absolute Gasteiger partial charge is 0.453 e. The van der Waals surface area contributed by atoms with Gasteiger partial charge in [-0.15, -0.1) is 0 Å². The molecule has 0 radical (unpaired) electrons. The number of aromatic nitrogens is 2. The van der Waals surface area contributed by atoms with Crippen LogP contribution >= 0.6 is 0 Å². The number of amides is 4. The average molecular weight is 870 g/mol. The van der Waals surface area contributed by atoms with Crippen molar-refractivity contribution in [2.75, 3.05) is 27.3 Å². The molecule has 336 valence electrons. The molecule has 5 aliphatic rings. The van der Waals surface area contributed by atoms with Gasteiger partial charge in [0.2, 0.25) is 11.8 Å². The molecule has 4 amide bonds. The summed E-state index contributed by atoms with van der Waals surface area (Å²) in [6.45, 7) is 8.81. The van der Waals surface area contributed by atoms with Gasteiger partial charge in [0.15, 0.2) is 5.78 Å². The van der Waals surface area contributed by atoms with Crippen molar-refractivity contribution in [3.8, 4) is 22.3 Å². The highest BCUT2D eigenvalue weighted by Crippen LogP contribution is 2.53. The van der Waals surface area contributed by atoms with E-state index in [2.05, 4.69) is 52.0 Å². The van der Waals surface area contributed by atoms with Gasteiger partial charge in [-0.1, -0.05) is 64.8 Å². The van der Waals surface area contributed by atoms with E-state index in [1.54, 1.807) is 0 Å². The van der Waals surface area contributed by atoms with E-state index in [4.69, 9.17) is 19.5 Å². The smallest absolute Gasteiger partial charge is 0.407 e. The molecule has 64 heavy (non-hydrogen) atoms. The SMILES string of the molecule is COC(=O)N[C@H](C(=O)N1CCC[C@H]1C1=Nc2ccc(-c3ccc(-c4ccc5nc([C@@H]6CCCN6C(=O)[C@@H](NC(=O)OC)C(C)C)[nH]c5c4)c4c3C(=O)C3(CCCC3)C4)cc2C1)C(C)C. The minimum atomic E-state index is -0.718. The first-order valence-corrected chi connectivity index (χ1v) is 23.0. The average Bonchev–Trinajstić information content (AvgIpc) is 4.15. The highest BCUT2D eigenvalue weighted by Gasteiger charge is 2.49. The van der Waals surface area contributed by atoms with Gasteiger partial charge in [-0.2, -0.15) is 0 Å². The second kappa shape index (κ2) is 17.2. The van der Waals surface area contributed by atoms with E-state index in [-0.39, 0.29) is 41.5 Å². The minimum absolute atomic E-state index is 0.118. The highest BCUT2D eigenvalue weighted by atomic mass is 16.5. The van der Waals surface area contributed by atoms with Crippen molar-refractivity contribution < 1.29 is 33.4 Å². The van der Waals surface area contributed by atoms with Crippen LogP contribution in [-0.4, -0.2) is 101 Å². The summed E-state index contributed by atoms with van der Waals surface area (Å²) >= 11 is 0. The van der Waals surface area contributed by atoms with Gasteiger partial charge in [0.05, 0.1) is 43.0 Å². The number of rotatable bonds is 10. The number of alkyl carbamates (subject to hydrolysis) is 2. The van der Waals surface area contributed by atoms with Gasteiger partial charge < -0.3 is 34.9 Å². The van der Waals surface area contributed by atoms with E-state index in [1.165, 1.54) is 14.2 Å². The summed E-state index contributed by atoms with van der Waals surface area (Å²) in [6, 6.07) is 14.9. The number of benzene rings is 3. The van der Waals surface area contributed by atoms with Crippen molar-refractivity contribution in [1.29, 1.82) is 0 Å². The number of ether oxygens (including phenoxy) is 2. The number of likely N-dealkylation sites (tertiary alicyclic amines) is 2. The Labute approximate surface area is 373 Å². The van der Waals surface area contributed by atoms with Crippen LogP contribution < -0.4 is 10.6 Å². The summed E-state index contributed by atoms with van der Waals surface area (Å²) in [7, 11) is 2.59. The number of aromatic amines is 1. The van der Waals surface area contributed by atoms with Gasteiger partial charge in [-0.05, 0) is 114 Å². The number of nitrogens with zero attached hydrogens (tertiary/aromatic N) is 4. The number of Topliss-reactive ketones (excluding diaryl/α,β-unsaturated/α-hetero) is 1. The first kappa shape index (κ1) is 43.2. The van der Waals surface area contributed by atoms with E-state index in [0.717, 1.165) is 113 Å². The molecule has 4 atom stereocenters. The van der Waals surface area contributed by atoms with Gasteiger partial charge >= 0.3 is 12.2 Å². The second-order valence-corrected chi connectivity index (χ2v) is 19.1. The Kier molecular flexibility index (Phi) is 11.6. The van der Waals surface area contributed by atoms with Crippen LogP contribution in [0.4, 0.5) is 15.3 Å². The molecule has 14 heteroatoms. The molecule has 14 nitrogen and oxygen atoms in total. The van der Waals surface area contributed by atoms with E-state index in [9.17, 15) is 24.0 Å². The van der Waals surface area contributed by atoms with Crippen molar-refractivity contribution >= 4 is 52.2 Å². The molecule has 0 unspecified atom stereocenters. The molecule has 3 N–H and O–H groups in total. The topological polar surface area (TPSA) is 175 Å². The van der Waals surface area contributed by atoms with Crippen LogP contribution in [0.5, 0.6) is 0 Å². The van der Waals surface area contributed by atoms with Crippen LogP contribution in [0.25, 0.3) is 33.3 Å². The third-order valence-corrected chi connectivity index (χ3v) is 14.5. The Morgan fingerprint density at radius 1 is 0.766 bits per heavy atom. The predicted octanol–water partition coefficient (Wildman–Crippen LogP) is 8.24. The molecule has 0 bridgehead atoms. The molecule has 9 rings (SSSR count). The third-order valence-electron chi connectivity index (χ3n) is 14.5. The molecule has 3 fully saturated rings. The number of imidazole rings is 1. The Morgan fingerprint density at radius 2 is 1.36 bits per heavy atom. The van der Waals surface area contributed by atoms with Crippen LogP contribution in [0.1, 0.15) is 112 Å². The Morgan fingerprint density at radius 3 is 2.00 bits per heavy atom. The summed E-state index contributed by atoms with van der Waals surface area (Å²) in [4.78, 5) is 84.0. The van der Waals surface area contributed by atoms with Gasteiger partial charge in [-0.3, -0.25) is 19.4 Å². The van der Waals surface area contributed by atoms with Gasteiger partial charge in [-0.25, -0.2) is 14.6 Å². The number of H-pyrrole nitrogens is 1. The zero-order valence-corrected chi connectivity index (χ0v) is 37.7. The number of carbonyl (C=O) groups excluding carboxylic acids is 5. The van der Waals surface area contributed by atoms with Crippen LogP contribution in [-0.2, 0) is 31.9 Å². The number of ketones is 1. The highest BCUT2D eigenvalue weighted by molar-refractivity contribution is 6.12. The molecule has 3 aromatic carbocycles. The number of carbonyl (C=O) groups is 5. The monoisotopic (exact) mass is 869 g/mol. The van der Waals surface area contributed by atoms with Gasteiger partial charge in [0, 0.05) is 36.2 Å². The number of hydrogen-bond acceptors (Lipinski definition) is 9. The summed E-state index contributed by atoms with van der Waals surface area (Å²) < 4.78 is 9.64. The van der Waals surface area contributed by atoms with Gasteiger partial charge in [0.1, 0.15) is 17.9 Å². The molecule has 3 aliphatic heterocycles. The number of fused-ring (bicyclic) bond motifs is 3. The molecule has 2 saturated heterocycles. The molecule has 1 spiro atoms. The molecule has 1 saturated carbocycles. The maximum Gasteiger partial charge on any atom is 0.407 e. The van der Waals surface area contributed by atoms with Crippen LogP contribution in [0.2, 0.25) is 0 Å². The summed E-state index contributed by atoms with van der Waals surface area (Å²) in [5.74, 6) is 0.433. The minimum Gasteiger partial charge on any atom is -0.453 e. The summed E-state index contributed by atoms with van der Waals surface area (Å²) in [5.41, 5.74) is 10.0. The van der Waals surface area contributed by atoms with Crippen LogP contribution in [0.3, 0.4) is 0 Å². The lowest BCUT2D eigenvalue weighted by atomic mass is 9.81. The standard InChI is InChI=1S/C50H59N7O7/c1-27(2)42(54-48(61)63-5)46(59)56-21-9-11-39(56)38-25-31-23-29(13-17-35(31)51-38)33-16-15-32(34-26-50(19-7-8-20-50)44(58)41(33)34)30-14-18-36-37(24-30)53-45(52-36)40-12-10-22-57(40)47(60)43(28(3)4)55-49(62)64-6/h13-18,23-24,27-28,39-40,42-43H,7-12,19-22,25-26H2,1-6H3,(H,52,53)(H,54,61)(H,55,62)/t39-,40-,42-,43-/m0/s1. The Balaban J connectivity index is 0.998. The maximum atomic E-state index is 14.8. The predicted molar refractivity (Wildman–Crippen MR) is 243 cm³/mol. The number of hydrogen-bond donors (Lipinski definition) is 3. The first-order chi connectivity index (χ1) is 30.8. The zero-order chi connectivity index (χ0) is 45.0. The van der Waals surface area contributed by atoms with Crippen molar-refractivity contribution in [2.45, 2.75) is 116 Å². The van der Waals surface area contributed by atoms with Crippen LogP contribution in [0.15, 0.2) is 53.5 Å². The first-order valence-electron chi connectivity index (χ1n) is 23.0. The number of nitrogens with one attached hydrogen (secondary N) is 3. The van der Waals surface area contributed by atoms with E-state index in [1.807, 2.05) is 49.6 Å². The fourth-order valence-electron chi connectivity index (χ4n) is 11.1. The van der Waals surface area contributed by atoms with E-state index >= 15 is 0 Å². The molecular formula is C50H59N7O7. The second-order valence-electron chi connectivity index (χ2n) is 19.1. The summed E-state index contributed by atoms with van der Waals surface area (Å²) in [6.07, 6.45) is 7.15. The lowest BCUT2D eigenvalue weighted by Crippen LogP contribution is -2.53. The van der Waals surface area contributed by atoms with Crippen LogP contribution in [0, 0.1) is 17.3 Å². The Hall–Kier alpha value is -6.05. The van der Waals surface area contributed by atoms with Gasteiger partial charge in [0.25, 0.3) is 0 Å². The van der Waals surface area contributed by atoms with E-state index < -0.39 is 29.7 Å². The number of methoxy groups -OCH3 is 2. The lowest BCUT2D eigenvalue weighted by molar-refractivity contribution is -0.135. The fraction of sp³-hybridized carbons (Fsp3) is 0.500. The van der Waals surface area contributed by atoms with Crippen molar-refractivity contribution in [3.05, 3.63) is 71.0 Å². The molecule has 4 aromatic rings. The molecular weight excluding hydrogens is 811 g/mol. The zero-order valence-electron chi connectivity index (χ0n) is 37.7. The van der Waals surface area contributed by atoms with Crippen molar-refractivity contribution in [1.82, 2.24) is 30.4 Å². The fourth-order valence-corrected chi connectivity index (χ4v) is 11.1. The summed E-state index contributed by atoms with van der Waals surface area (Å²) in [5, 5.41) is 5.47. The third kappa shape index (κ3) is 7.61. The van der Waals surface area contributed by atoms with Crippen molar-refractivity contribution in [3.63, 3.8) is 0 Å². The molecule has 1 aromatic heterocycles. The molecule has 4 heterocycles. The quantitative estimate of drug-likeness (QED) is 0.143. The Bertz CT molecular complexity index is 2570. The normalized spacial score (nSPS) is 20.8. The van der Waals surface area contributed by atoms with Crippen molar-refractivity contribution in [2.24, 2.45) is 22.2 Å². The van der Waals surface area contributed by atoms with E-state index in [0.29, 0.717) is 31.8 Å².